The fourth-order valence-electron chi connectivity index (χ4n) is 1.89. The molecular weight excluding hydrogens is 265 g/mol. The van der Waals surface area contributed by atoms with Gasteiger partial charge in [-0.2, -0.15) is 13.2 Å². The number of rotatable bonds is 3. The van der Waals surface area contributed by atoms with E-state index < -0.39 is 23.7 Å². The lowest BCUT2D eigenvalue weighted by Crippen LogP contribution is -2.63. The molecule has 5 nitrogen and oxygen atoms in total. The number of carbonyl (C=O) groups excluding carboxylic acids is 1. The number of nitrogens with zero attached hydrogens (tertiary/aromatic N) is 1. The molecule has 0 radical (unpaired) electrons. The summed E-state index contributed by atoms with van der Waals surface area (Å²) in [4.78, 5) is 23.7. The van der Waals surface area contributed by atoms with Gasteiger partial charge >= 0.3 is 18.2 Å². The molecule has 0 aromatic rings. The maximum atomic E-state index is 12.7. The molecule has 0 aromatic carbocycles. The average molecular weight is 282 g/mol. The molecule has 1 heterocycles. The molecule has 2 unspecified atom stereocenters. The van der Waals surface area contributed by atoms with Gasteiger partial charge in [-0.15, -0.1) is 0 Å². The van der Waals surface area contributed by atoms with Gasteiger partial charge in [0.15, 0.2) is 0 Å². The van der Waals surface area contributed by atoms with Gasteiger partial charge in [0.1, 0.15) is 0 Å². The highest BCUT2D eigenvalue weighted by atomic mass is 19.4. The molecule has 0 aromatic heterocycles. The highest BCUT2D eigenvalue weighted by Crippen LogP contribution is 2.31. The van der Waals surface area contributed by atoms with Crippen LogP contribution in [0.2, 0.25) is 0 Å². The summed E-state index contributed by atoms with van der Waals surface area (Å²) in [5.74, 6) is -1.87. The number of carboxylic acids is 1. The Morgan fingerprint density at radius 2 is 2.00 bits per heavy atom. The second-order valence-electron chi connectivity index (χ2n) is 4.87. The van der Waals surface area contributed by atoms with Gasteiger partial charge in [-0.3, -0.25) is 0 Å². The van der Waals surface area contributed by atoms with Gasteiger partial charge in [-0.05, 0) is 19.3 Å². The lowest BCUT2D eigenvalue weighted by atomic mass is 10.0. The van der Waals surface area contributed by atoms with Crippen LogP contribution in [0.1, 0.15) is 26.7 Å². The van der Waals surface area contributed by atoms with Crippen LogP contribution < -0.4 is 5.32 Å². The van der Waals surface area contributed by atoms with Crippen LogP contribution in [0.15, 0.2) is 0 Å². The van der Waals surface area contributed by atoms with Crippen molar-refractivity contribution in [1.29, 1.82) is 0 Å². The molecule has 0 spiro atoms. The quantitative estimate of drug-likeness (QED) is 0.829. The molecule has 2 N–H and O–H groups in total. The summed E-state index contributed by atoms with van der Waals surface area (Å²) in [7, 11) is 0. The number of hydrogen-bond acceptors (Lipinski definition) is 2. The number of likely N-dealkylation sites (tertiary alicyclic amines) is 1. The predicted octanol–water partition coefficient (Wildman–Crippen LogP) is 1.83. The zero-order valence-corrected chi connectivity index (χ0v) is 10.8. The molecule has 1 fully saturated rings. The maximum Gasteiger partial charge on any atom is 0.422 e. The standard InChI is InChI=1S/C11H17F3N2O3/c1-3-7-4-5-16(6-7)9(19)15-10(2,8(17)18)11(12,13)14/h7H,3-6H2,1-2H3,(H,15,19)(H,17,18). The minimum atomic E-state index is -5.06. The Morgan fingerprint density at radius 3 is 2.37 bits per heavy atom. The van der Waals surface area contributed by atoms with E-state index in [1.807, 2.05) is 6.92 Å². The molecule has 0 aliphatic carbocycles. The molecule has 2 amide bonds. The molecule has 0 bridgehead atoms. The average Bonchev–Trinajstić information content (AvgIpc) is 2.75. The summed E-state index contributed by atoms with van der Waals surface area (Å²) in [5, 5.41) is 10.3. The van der Waals surface area contributed by atoms with Crippen LogP contribution in [0, 0.1) is 5.92 Å². The number of hydrogen-bond donors (Lipinski definition) is 2. The first-order chi connectivity index (χ1) is 8.61. The largest absolute Gasteiger partial charge is 0.479 e. The van der Waals surface area contributed by atoms with E-state index in [4.69, 9.17) is 5.11 Å². The number of nitrogens with one attached hydrogen (secondary N) is 1. The third-order valence-corrected chi connectivity index (χ3v) is 3.50. The van der Waals surface area contributed by atoms with Crippen LogP contribution in [-0.4, -0.2) is 46.8 Å². The molecular formula is C11H17F3N2O3. The molecule has 19 heavy (non-hydrogen) atoms. The lowest BCUT2D eigenvalue weighted by Gasteiger charge is -2.30. The number of alkyl halides is 3. The summed E-state index contributed by atoms with van der Waals surface area (Å²) in [6, 6.07) is -0.988. The first-order valence-electron chi connectivity index (χ1n) is 5.99. The van der Waals surface area contributed by atoms with E-state index in [9.17, 15) is 22.8 Å². The van der Waals surface area contributed by atoms with E-state index >= 15 is 0 Å². The van der Waals surface area contributed by atoms with E-state index in [1.54, 1.807) is 5.32 Å². The minimum absolute atomic E-state index is 0.257. The number of urea groups is 1. The second-order valence-corrected chi connectivity index (χ2v) is 4.87. The van der Waals surface area contributed by atoms with Crippen molar-refractivity contribution in [2.45, 2.75) is 38.4 Å². The number of halogens is 3. The van der Waals surface area contributed by atoms with Crippen LogP contribution >= 0.6 is 0 Å². The van der Waals surface area contributed by atoms with Gasteiger partial charge in [-0.25, -0.2) is 9.59 Å². The zero-order valence-electron chi connectivity index (χ0n) is 10.8. The third kappa shape index (κ3) is 3.10. The smallest absolute Gasteiger partial charge is 0.422 e. The first kappa shape index (κ1) is 15.6. The Bertz CT molecular complexity index is 373. The molecule has 1 aliphatic heterocycles. The molecule has 2 atom stereocenters. The van der Waals surface area contributed by atoms with Crippen LogP contribution in [0.25, 0.3) is 0 Å². The molecule has 0 saturated carbocycles. The number of carbonyl (C=O) groups is 2. The van der Waals surface area contributed by atoms with Crippen molar-refractivity contribution < 1.29 is 27.9 Å². The number of aliphatic carboxylic acids is 1. The van der Waals surface area contributed by atoms with Crippen LogP contribution in [0.3, 0.4) is 0 Å². The van der Waals surface area contributed by atoms with Crippen LogP contribution in [0.4, 0.5) is 18.0 Å². The highest BCUT2D eigenvalue weighted by molar-refractivity contribution is 5.86. The van der Waals surface area contributed by atoms with E-state index in [2.05, 4.69) is 0 Å². The van der Waals surface area contributed by atoms with Gasteiger partial charge in [0.25, 0.3) is 0 Å². The Labute approximate surface area is 108 Å². The molecule has 110 valence electrons. The molecule has 1 saturated heterocycles. The molecule has 1 aliphatic rings. The highest BCUT2D eigenvalue weighted by Gasteiger charge is 2.59. The van der Waals surface area contributed by atoms with Crippen molar-refractivity contribution in [2.75, 3.05) is 13.1 Å². The predicted molar refractivity (Wildman–Crippen MR) is 60.6 cm³/mol. The summed E-state index contributed by atoms with van der Waals surface area (Å²) in [6.45, 7) is 3.08. The maximum absolute atomic E-state index is 12.7. The Kier molecular flexibility index (Phi) is 4.32. The van der Waals surface area contributed by atoms with E-state index in [-0.39, 0.29) is 5.92 Å². The van der Waals surface area contributed by atoms with Crippen molar-refractivity contribution in [2.24, 2.45) is 5.92 Å². The van der Waals surface area contributed by atoms with Gasteiger partial charge in [0.05, 0.1) is 0 Å². The van der Waals surface area contributed by atoms with Crippen LogP contribution in [0.5, 0.6) is 0 Å². The van der Waals surface area contributed by atoms with E-state index in [0.29, 0.717) is 20.0 Å². The van der Waals surface area contributed by atoms with E-state index in [1.165, 1.54) is 4.90 Å². The molecule has 1 rings (SSSR count). The summed E-state index contributed by atoms with van der Waals surface area (Å²) in [5.41, 5.74) is -3.27. The van der Waals surface area contributed by atoms with Crippen molar-refractivity contribution >= 4 is 12.0 Å². The van der Waals surface area contributed by atoms with Gasteiger partial charge < -0.3 is 15.3 Å². The zero-order chi connectivity index (χ0) is 14.8. The Morgan fingerprint density at radius 1 is 1.42 bits per heavy atom. The monoisotopic (exact) mass is 282 g/mol. The number of amides is 2. The Hall–Kier alpha value is -1.47. The summed E-state index contributed by atoms with van der Waals surface area (Å²) in [6.07, 6.45) is -3.50. The SMILES string of the molecule is CCC1CCN(C(=O)NC(C)(C(=O)O)C(F)(F)F)C1. The van der Waals surface area contributed by atoms with E-state index in [0.717, 1.165) is 12.8 Å². The van der Waals surface area contributed by atoms with Crippen LogP contribution in [-0.2, 0) is 4.79 Å². The van der Waals surface area contributed by atoms with Crippen molar-refractivity contribution in [3.05, 3.63) is 0 Å². The second kappa shape index (κ2) is 5.26. The van der Waals surface area contributed by atoms with Gasteiger partial charge in [-0.1, -0.05) is 13.3 Å². The topological polar surface area (TPSA) is 69.6 Å². The van der Waals surface area contributed by atoms with Crippen molar-refractivity contribution in [3.8, 4) is 0 Å². The van der Waals surface area contributed by atoms with Gasteiger partial charge in [0.2, 0.25) is 5.54 Å². The lowest BCUT2D eigenvalue weighted by molar-refractivity contribution is -0.203. The summed E-state index contributed by atoms with van der Waals surface area (Å²) >= 11 is 0. The van der Waals surface area contributed by atoms with Crippen molar-refractivity contribution in [3.63, 3.8) is 0 Å². The fraction of sp³-hybridized carbons (Fsp3) is 0.818. The normalized spacial score (nSPS) is 23.0. The summed E-state index contributed by atoms with van der Waals surface area (Å²) < 4.78 is 38.2. The molecule has 8 heteroatoms. The number of carboxylic acid groups (broad SMARTS) is 1. The third-order valence-electron chi connectivity index (χ3n) is 3.50. The Balaban J connectivity index is 2.77. The van der Waals surface area contributed by atoms with Gasteiger partial charge in [0, 0.05) is 13.1 Å². The minimum Gasteiger partial charge on any atom is -0.479 e. The fourth-order valence-corrected chi connectivity index (χ4v) is 1.89. The van der Waals surface area contributed by atoms with Crippen molar-refractivity contribution in [1.82, 2.24) is 10.2 Å². The first-order valence-corrected chi connectivity index (χ1v) is 5.99.